The zero-order chi connectivity index (χ0) is 51.5. The second kappa shape index (κ2) is 23.4. The van der Waals surface area contributed by atoms with Crippen molar-refractivity contribution in [3.8, 4) is 0 Å². The lowest BCUT2D eigenvalue weighted by Crippen LogP contribution is -2.61. The number of aliphatic hydroxyl groups excluding tert-OH is 2. The number of anilines is 1. The summed E-state index contributed by atoms with van der Waals surface area (Å²) in [6, 6.07) is 7.11. The van der Waals surface area contributed by atoms with E-state index >= 15 is 4.79 Å². The summed E-state index contributed by atoms with van der Waals surface area (Å²) < 4.78 is 51.6. The molecule has 16 nitrogen and oxygen atoms in total. The lowest BCUT2D eigenvalue weighted by Gasteiger charge is -2.50. The van der Waals surface area contributed by atoms with Crippen LogP contribution < -0.4 is 4.90 Å². The van der Waals surface area contributed by atoms with Crippen LogP contribution >= 0.6 is 11.8 Å². The molecule has 19 atom stereocenters. The van der Waals surface area contributed by atoms with Gasteiger partial charge >= 0.3 is 11.9 Å². The van der Waals surface area contributed by atoms with Gasteiger partial charge in [0, 0.05) is 74.7 Å². The molecule has 392 valence electrons. The van der Waals surface area contributed by atoms with Crippen LogP contribution in [0.15, 0.2) is 24.3 Å². The number of esters is 2. The Hall–Kier alpha value is -2.71. The number of carbonyl (C=O) groups excluding carboxylic acids is 4. The number of hydrogen-bond acceptors (Lipinski definition) is 17. The fourth-order valence-electron chi connectivity index (χ4n) is 11.6. The summed E-state index contributed by atoms with van der Waals surface area (Å²) in [7, 11) is 6.82. The highest BCUT2D eigenvalue weighted by molar-refractivity contribution is 8.01. The fraction of sp³-hybridized carbons (Fsp3) is 0.808. The van der Waals surface area contributed by atoms with Gasteiger partial charge in [0.05, 0.1) is 47.3 Å². The van der Waals surface area contributed by atoms with Crippen LogP contribution in [0.5, 0.6) is 0 Å². The molecule has 4 aliphatic heterocycles. The zero-order valence-electron chi connectivity index (χ0n) is 44.1. The van der Waals surface area contributed by atoms with Gasteiger partial charge in [0.2, 0.25) is 0 Å². The van der Waals surface area contributed by atoms with E-state index in [9.17, 15) is 24.6 Å². The first-order valence-corrected chi connectivity index (χ1v) is 26.1. The van der Waals surface area contributed by atoms with Crippen LogP contribution in [0, 0.1) is 29.6 Å². The number of cyclic esters (lactones) is 1. The Morgan fingerprint density at radius 2 is 1.46 bits per heavy atom. The molecule has 1 aromatic rings. The maximum absolute atomic E-state index is 15.1. The first kappa shape index (κ1) is 57.2. The van der Waals surface area contributed by atoms with Gasteiger partial charge in [0.15, 0.2) is 24.0 Å². The Morgan fingerprint density at radius 1 is 0.841 bits per heavy atom. The largest absolute Gasteiger partial charge is 0.458 e. The summed E-state index contributed by atoms with van der Waals surface area (Å²) in [5, 5.41) is 22.0. The van der Waals surface area contributed by atoms with Gasteiger partial charge in [-0.1, -0.05) is 27.7 Å². The van der Waals surface area contributed by atoms with E-state index < -0.39 is 113 Å². The zero-order valence-corrected chi connectivity index (χ0v) is 44.9. The van der Waals surface area contributed by atoms with Crippen LogP contribution in [-0.4, -0.2) is 169 Å². The molecule has 1 aromatic carbocycles. The highest BCUT2D eigenvalue weighted by Gasteiger charge is 2.62. The number of likely N-dealkylation sites (N-methyl/N-ethyl adjacent to an activating group) is 1. The van der Waals surface area contributed by atoms with E-state index in [1.165, 1.54) is 14.2 Å². The van der Waals surface area contributed by atoms with Gasteiger partial charge in [-0.2, -0.15) is 0 Å². The molecule has 0 aromatic heterocycles. The molecule has 0 spiro atoms. The molecular weight excluding hydrogens is 909 g/mol. The number of fused-ring (bicyclic) bond motifs is 1. The van der Waals surface area contributed by atoms with E-state index in [2.05, 4.69) is 18.7 Å². The molecule has 4 heterocycles. The fourth-order valence-corrected chi connectivity index (χ4v) is 13.0. The third-order valence-electron chi connectivity index (χ3n) is 16.0. The highest BCUT2D eigenvalue weighted by Crippen LogP contribution is 2.49. The Morgan fingerprint density at radius 3 is 2.03 bits per heavy atom. The predicted octanol–water partition coefficient (Wildman–Crippen LogP) is 6.09. The SMILES string of the molecule is CC[C@H]1OC(=O)[C@H](C)[C@@H](O[C@H]2C[C@@](C)(OC)[C@@H](O)[C@@H](C)O2)[C@H](C)[C@@H](O[C@@H]2O[C@H](C)C[C@H](N(C)C)[C@H]2O)[C@](C)(OC)C[C@@H](C)C(=O)[C@@H](C)C2C(SCC(=O)c3ccc(N(CC)CC)cc3)C(=O)O[C@@]21C. The number of Topliss-reactive ketones (excluding diaryl/α,β-unsaturated/α-hetero) is 2. The number of ether oxygens (including phenoxy) is 8. The maximum Gasteiger partial charge on any atom is 0.320 e. The molecule has 2 unspecified atom stereocenters. The average Bonchev–Trinajstić information content (AvgIpc) is 3.58. The van der Waals surface area contributed by atoms with E-state index in [1.807, 2.05) is 65.7 Å². The van der Waals surface area contributed by atoms with Crippen molar-refractivity contribution in [1.29, 1.82) is 0 Å². The van der Waals surface area contributed by atoms with Gasteiger partial charge < -0.3 is 57.9 Å². The molecule has 0 radical (unpaired) electrons. The summed E-state index contributed by atoms with van der Waals surface area (Å²) in [6.45, 7) is 23.8. The quantitative estimate of drug-likeness (QED) is 0.152. The molecule has 0 aliphatic carbocycles. The Labute approximate surface area is 415 Å². The third-order valence-corrected chi connectivity index (χ3v) is 17.2. The van der Waals surface area contributed by atoms with Crippen LogP contribution in [0.4, 0.5) is 5.69 Å². The molecule has 2 N–H and O–H groups in total. The van der Waals surface area contributed by atoms with Gasteiger partial charge in [0.1, 0.15) is 29.3 Å². The molecule has 0 saturated carbocycles. The summed E-state index contributed by atoms with van der Waals surface area (Å²) in [4.78, 5) is 62.2. The molecule has 4 saturated heterocycles. The number of methoxy groups -OCH3 is 2. The lowest BCUT2D eigenvalue weighted by molar-refractivity contribution is -0.319. The summed E-state index contributed by atoms with van der Waals surface area (Å²) in [6.07, 6.45) is -7.20. The highest BCUT2D eigenvalue weighted by atomic mass is 32.2. The van der Waals surface area contributed by atoms with Crippen molar-refractivity contribution in [2.24, 2.45) is 29.6 Å². The number of hydrogen-bond donors (Lipinski definition) is 2. The number of benzene rings is 1. The van der Waals surface area contributed by atoms with E-state index in [0.717, 1.165) is 30.5 Å². The standard InChI is InChI=1S/C52H84N2O14S/c1-17-38-52(12)40(44(48(60)68-52)69-27-37(55)34-20-22-35(23-21-34)54(18-2)19-3)30(6)41(56)28(4)25-51(11,62-16)46(67-49-42(57)36(53(13)14)24-29(5)63-49)31(7)43(32(8)47(59)65-38)66-39-26-50(10,61-15)45(58)33(9)64-39/h20-23,28-33,36,38-40,42-46,49,57-58H,17-19,24-27H2,1-16H3/t28-,29-,30+,31+,32-,33-,36+,38-,39+,40?,42-,43+,44?,45+,46-,49+,50-,51-,52-/m1/s1. The van der Waals surface area contributed by atoms with E-state index in [4.69, 9.17) is 37.9 Å². The van der Waals surface area contributed by atoms with Crippen LogP contribution in [-0.2, 0) is 52.3 Å². The van der Waals surface area contributed by atoms with Crippen molar-refractivity contribution in [3.63, 3.8) is 0 Å². The second-order valence-electron chi connectivity index (χ2n) is 21.0. The summed E-state index contributed by atoms with van der Waals surface area (Å²) in [5.41, 5.74) is -2.32. The number of carbonyl (C=O) groups is 4. The van der Waals surface area contributed by atoms with Crippen LogP contribution in [0.2, 0.25) is 0 Å². The number of rotatable bonds is 15. The van der Waals surface area contributed by atoms with Crippen LogP contribution in [0.25, 0.3) is 0 Å². The minimum Gasteiger partial charge on any atom is -0.458 e. The number of thioether (sulfide) groups is 1. The van der Waals surface area contributed by atoms with Crippen molar-refractivity contribution in [3.05, 3.63) is 29.8 Å². The summed E-state index contributed by atoms with van der Waals surface area (Å²) >= 11 is 1.14. The topological polar surface area (TPSA) is 189 Å². The molecule has 4 aliphatic rings. The van der Waals surface area contributed by atoms with Gasteiger partial charge in [-0.25, -0.2) is 0 Å². The maximum atomic E-state index is 15.1. The number of nitrogens with zero attached hydrogens (tertiary/aromatic N) is 2. The normalized spacial score (nSPS) is 41.5. The van der Waals surface area contributed by atoms with Gasteiger partial charge in [0.25, 0.3) is 0 Å². The molecular formula is C52H84N2O14S. The Kier molecular flexibility index (Phi) is 19.4. The molecule has 0 amide bonds. The smallest absolute Gasteiger partial charge is 0.320 e. The number of ketones is 2. The average molecular weight is 993 g/mol. The minimum absolute atomic E-state index is 0.0535. The minimum atomic E-state index is -1.48. The second-order valence-corrected chi connectivity index (χ2v) is 22.1. The molecule has 17 heteroatoms. The monoisotopic (exact) mass is 993 g/mol. The predicted molar refractivity (Wildman–Crippen MR) is 263 cm³/mol. The lowest BCUT2D eigenvalue weighted by atomic mass is 9.70. The van der Waals surface area contributed by atoms with Crippen molar-refractivity contribution >= 4 is 41.0 Å². The molecule has 69 heavy (non-hydrogen) atoms. The molecule has 5 rings (SSSR count). The van der Waals surface area contributed by atoms with Gasteiger partial charge in [-0.3, -0.25) is 19.2 Å². The van der Waals surface area contributed by atoms with E-state index in [1.54, 1.807) is 46.8 Å². The van der Waals surface area contributed by atoms with Crippen molar-refractivity contribution < 1.29 is 67.3 Å². The van der Waals surface area contributed by atoms with Crippen molar-refractivity contribution in [2.75, 3.05) is 52.1 Å². The Bertz CT molecular complexity index is 1900. The number of aliphatic hydroxyl groups is 2. The van der Waals surface area contributed by atoms with E-state index in [0.29, 0.717) is 12.0 Å². The first-order chi connectivity index (χ1) is 32.3. The molecule has 0 bridgehead atoms. The van der Waals surface area contributed by atoms with Crippen LogP contribution in [0.3, 0.4) is 0 Å². The van der Waals surface area contributed by atoms with Gasteiger partial charge in [-0.05, 0) is 113 Å². The molecule has 4 fully saturated rings. The van der Waals surface area contributed by atoms with Crippen molar-refractivity contribution in [2.45, 2.75) is 192 Å². The Balaban J connectivity index is 1.59. The summed E-state index contributed by atoms with van der Waals surface area (Å²) in [5.74, 6) is -5.77. The third kappa shape index (κ3) is 12.1. The van der Waals surface area contributed by atoms with Crippen molar-refractivity contribution in [1.82, 2.24) is 4.90 Å². The van der Waals surface area contributed by atoms with E-state index in [-0.39, 0.29) is 48.7 Å². The van der Waals surface area contributed by atoms with Crippen LogP contribution in [0.1, 0.15) is 119 Å². The van der Waals surface area contributed by atoms with Gasteiger partial charge in [-0.15, -0.1) is 11.8 Å². The first-order valence-electron chi connectivity index (χ1n) is 25.1.